The van der Waals surface area contributed by atoms with Crippen molar-refractivity contribution in [2.75, 3.05) is 11.9 Å². The molecule has 2 aliphatic carbocycles. The Morgan fingerprint density at radius 3 is 2.30 bits per heavy atom. The van der Waals surface area contributed by atoms with Gasteiger partial charge in [0.25, 0.3) is 0 Å². The molecule has 2 saturated carbocycles. The zero-order valence-electron chi connectivity index (χ0n) is 12.7. The molecule has 0 radical (unpaired) electrons. The lowest BCUT2D eigenvalue weighted by molar-refractivity contribution is 0.427. The molecule has 3 nitrogen and oxygen atoms in total. The highest BCUT2D eigenvalue weighted by atomic mass is 15.0. The minimum atomic E-state index is 0.600. The Bertz CT molecular complexity index is 432. The average molecular weight is 273 g/mol. The standard InChI is InChI=1S/C17H27N3/c1-2-18-16-12-15(13-8-6-7-9-13)19-17(20-16)14-10-4-3-5-11-14/h12-14H,2-11H2,1H3,(H,18,19,20). The zero-order chi connectivity index (χ0) is 13.8. The van der Waals surface area contributed by atoms with Crippen LogP contribution in [0, 0.1) is 0 Å². The molecule has 0 amide bonds. The smallest absolute Gasteiger partial charge is 0.134 e. The van der Waals surface area contributed by atoms with Gasteiger partial charge >= 0.3 is 0 Å². The highest BCUT2D eigenvalue weighted by Gasteiger charge is 2.23. The summed E-state index contributed by atoms with van der Waals surface area (Å²) in [7, 11) is 0. The van der Waals surface area contributed by atoms with Gasteiger partial charge in [0.05, 0.1) is 0 Å². The monoisotopic (exact) mass is 273 g/mol. The minimum absolute atomic E-state index is 0.600. The maximum absolute atomic E-state index is 4.97. The third-order valence-corrected chi connectivity index (χ3v) is 4.86. The van der Waals surface area contributed by atoms with E-state index in [0.29, 0.717) is 11.8 Å². The first-order valence-electron chi connectivity index (χ1n) is 8.49. The average Bonchev–Trinajstić information content (AvgIpc) is 3.02. The van der Waals surface area contributed by atoms with Gasteiger partial charge in [-0.05, 0) is 32.6 Å². The van der Waals surface area contributed by atoms with E-state index in [1.807, 2.05) is 0 Å². The van der Waals surface area contributed by atoms with Crippen LogP contribution in [0.5, 0.6) is 0 Å². The molecular weight excluding hydrogens is 246 g/mol. The number of nitrogens with one attached hydrogen (secondary N) is 1. The third-order valence-electron chi connectivity index (χ3n) is 4.86. The molecule has 1 aromatic heterocycles. The number of nitrogens with zero attached hydrogens (tertiary/aromatic N) is 2. The van der Waals surface area contributed by atoms with Gasteiger partial charge in [-0.2, -0.15) is 0 Å². The van der Waals surface area contributed by atoms with E-state index >= 15 is 0 Å². The molecule has 0 saturated heterocycles. The molecule has 0 aromatic carbocycles. The lowest BCUT2D eigenvalue weighted by atomic mass is 9.88. The Kier molecular flexibility index (Phi) is 4.54. The largest absolute Gasteiger partial charge is 0.370 e. The maximum atomic E-state index is 4.97. The SMILES string of the molecule is CCNc1cc(C2CCCC2)nc(C2CCCCC2)n1. The molecule has 1 heterocycles. The van der Waals surface area contributed by atoms with Gasteiger partial charge in [0.15, 0.2) is 0 Å². The molecule has 2 aliphatic rings. The zero-order valence-corrected chi connectivity index (χ0v) is 12.7. The highest BCUT2D eigenvalue weighted by molar-refractivity contribution is 5.37. The van der Waals surface area contributed by atoms with Crippen molar-refractivity contribution in [2.45, 2.75) is 76.5 Å². The van der Waals surface area contributed by atoms with Crippen molar-refractivity contribution in [3.8, 4) is 0 Å². The van der Waals surface area contributed by atoms with Crippen molar-refractivity contribution in [1.82, 2.24) is 9.97 Å². The second-order valence-electron chi connectivity index (χ2n) is 6.38. The number of hydrogen-bond acceptors (Lipinski definition) is 3. The van der Waals surface area contributed by atoms with Crippen LogP contribution in [0.1, 0.15) is 88.1 Å². The molecule has 0 aliphatic heterocycles. The Hall–Kier alpha value is -1.12. The van der Waals surface area contributed by atoms with Crippen LogP contribution >= 0.6 is 0 Å². The molecule has 3 rings (SSSR count). The summed E-state index contributed by atoms with van der Waals surface area (Å²) in [6.07, 6.45) is 12.0. The fourth-order valence-electron chi connectivity index (χ4n) is 3.73. The van der Waals surface area contributed by atoms with Crippen LogP contribution in [0.25, 0.3) is 0 Å². The predicted molar refractivity (Wildman–Crippen MR) is 83.2 cm³/mol. The molecule has 0 bridgehead atoms. The number of hydrogen-bond donors (Lipinski definition) is 1. The molecule has 0 unspecified atom stereocenters. The molecule has 0 atom stereocenters. The summed E-state index contributed by atoms with van der Waals surface area (Å²) in [4.78, 5) is 9.77. The highest BCUT2D eigenvalue weighted by Crippen LogP contribution is 2.36. The Labute approximate surface area is 122 Å². The van der Waals surface area contributed by atoms with E-state index in [4.69, 9.17) is 9.97 Å². The molecule has 110 valence electrons. The van der Waals surface area contributed by atoms with E-state index in [2.05, 4.69) is 18.3 Å². The summed E-state index contributed by atoms with van der Waals surface area (Å²) in [5.41, 5.74) is 1.30. The van der Waals surface area contributed by atoms with Crippen molar-refractivity contribution < 1.29 is 0 Å². The summed E-state index contributed by atoms with van der Waals surface area (Å²) in [6, 6.07) is 2.20. The molecular formula is C17H27N3. The Morgan fingerprint density at radius 1 is 0.950 bits per heavy atom. The fraction of sp³-hybridized carbons (Fsp3) is 0.765. The van der Waals surface area contributed by atoms with E-state index in [9.17, 15) is 0 Å². The van der Waals surface area contributed by atoms with Crippen LogP contribution in [-0.4, -0.2) is 16.5 Å². The van der Waals surface area contributed by atoms with Gasteiger partial charge in [-0.3, -0.25) is 0 Å². The summed E-state index contributed by atoms with van der Waals surface area (Å²) in [6.45, 7) is 3.07. The van der Waals surface area contributed by atoms with Crippen molar-refractivity contribution in [1.29, 1.82) is 0 Å². The van der Waals surface area contributed by atoms with Gasteiger partial charge in [0.1, 0.15) is 11.6 Å². The first-order chi connectivity index (χ1) is 9.86. The second-order valence-corrected chi connectivity index (χ2v) is 6.38. The summed E-state index contributed by atoms with van der Waals surface area (Å²) in [5, 5.41) is 3.40. The molecule has 1 aromatic rings. The van der Waals surface area contributed by atoms with Gasteiger partial charge in [-0.15, -0.1) is 0 Å². The maximum Gasteiger partial charge on any atom is 0.134 e. The molecule has 20 heavy (non-hydrogen) atoms. The fourth-order valence-corrected chi connectivity index (χ4v) is 3.73. The molecule has 2 fully saturated rings. The number of aromatic nitrogens is 2. The van der Waals surface area contributed by atoms with Crippen molar-refractivity contribution in [3.05, 3.63) is 17.6 Å². The topological polar surface area (TPSA) is 37.8 Å². The van der Waals surface area contributed by atoms with Gasteiger partial charge in [-0.1, -0.05) is 32.1 Å². The lowest BCUT2D eigenvalue weighted by Crippen LogP contribution is -2.13. The summed E-state index contributed by atoms with van der Waals surface area (Å²) < 4.78 is 0. The first-order valence-corrected chi connectivity index (χ1v) is 8.49. The van der Waals surface area contributed by atoms with Crippen LogP contribution < -0.4 is 5.32 Å². The Balaban J connectivity index is 1.86. The quantitative estimate of drug-likeness (QED) is 0.870. The van der Waals surface area contributed by atoms with E-state index < -0.39 is 0 Å². The van der Waals surface area contributed by atoms with Crippen LogP contribution in [0.4, 0.5) is 5.82 Å². The van der Waals surface area contributed by atoms with Gasteiger partial charge in [0, 0.05) is 30.1 Å². The minimum Gasteiger partial charge on any atom is -0.370 e. The molecule has 0 spiro atoms. The van der Waals surface area contributed by atoms with E-state index in [1.165, 1.54) is 63.5 Å². The Morgan fingerprint density at radius 2 is 1.60 bits per heavy atom. The van der Waals surface area contributed by atoms with Crippen LogP contribution in [0.3, 0.4) is 0 Å². The second kappa shape index (κ2) is 6.55. The number of anilines is 1. The van der Waals surface area contributed by atoms with Gasteiger partial charge in [0.2, 0.25) is 0 Å². The lowest BCUT2D eigenvalue weighted by Gasteiger charge is -2.22. The van der Waals surface area contributed by atoms with Crippen LogP contribution in [0.15, 0.2) is 6.07 Å². The normalized spacial score (nSPS) is 21.2. The van der Waals surface area contributed by atoms with E-state index in [1.54, 1.807) is 0 Å². The molecule has 3 heteroatoms. The van der Waals surface area contributed by atoms with Crippen LogP contribution in [-0.2, 0) is 0 Å². The summed E-state index contributed by atoms with van der Waals surface area (Å²) in [5.74, 6) is 3.44. The van der Waals surface area contributed by atoms with E-state index in [-0.39, 0.29) is 0 Å². The number of rotatable bonds is 4. The predicted octanol–water partition coefficient (Wildman–Crippen LogP) is 4.61. The molecule has 1 N–H and O–H groups in total. The van der Waals surface area contributed by atoms with Crippen molar-refractivity contribution >= 4 is 5.82 Å². The van der Waals surface area contributed by atoms with Crippen molar-refractivity contribution in [3.63, 3.8) is 0 Å². The summed E-state index contributed by atoms with van der Waals surface area (Å²) >= 11 is 0. The van der Waals surface area contributed by atoms with Crippen molar-refractivity contribution in [2.24, 2.45) is 0 Å². The van der Waals surface area contributed by atoms with Gasteiger partial charge in [-0.25, -0.2) is 9.97 Å². The third kappa shape index (κ3) is 3.13. The van der Waals surface area contributed by atoms with Crippen LogP contribution in [0.2, 0.25) is 0 Å². The van der Waals surface area contributed by atoms with Gasteiger partial charge < -0.3 is 5.32 Å². The van der Waals surface area contributed by atoms with E-state index in [0.717, 1.165) is 18.2 Å². The first kappa shape index (κ1) is 13.8.